The van der Waals surface area contributed by atoms with Crippen molar-refractivity contribution in [2.75, 3.05) is 20.0 Å². The van der Waals surface area contributed by atoms with Crippen LogP contribution in [0.3, 0.4) is 0 Å². The van der Waals surface area contributed by atoms with E-state index in [9.17, 15) is 14.1 Å². The summed E-state index contributed by atoms with van der Waals surface area (Å²) in [6, 6.07) is 0. The summed E-state index contributed by atoms with van der Waals surface area (Å²) in [5, 5.41) is 0.260. The molecule has 0 fully saturated rings. The molecule has 0 spiro atoms. The molecule has 0 N–H and O–H groups in total. The number of hydrogen-bond donors (Lipinski definition) is 0. The maximum Gasteiger partial charge on any atom is 0.332 e. The van der Waals surface area contributed by atoms with Gasteiger partial charge >= 0.3 is 10.8 Å². The topological polar surface area (TPSA) is 94.1 Å². The van der Waals surface area contributed by atoms with Crippen molar-refractivity contribution >= 4 is 22.3 Å². The summed E-state index contributed by atoms with van der Waals surface area (Å²) in [4.78, 5) is 28.3. The summed E-state index contributed by atoms with van der Waals surface area (Å²) >= 11 is -1.37. The molecular formula is C11H16N4O4S. The molecule has 8 nitrogen and oxygen atoms in total. The normalized spacial score (nSPS) is 13.1. The summed E-state index contributed by atoms with van der Waals surface area (Å²) in [5.41, 5.74) is -0.424. The molecule has 2 aromatic heterocycles. The maximum absolute atomic E-state index is 12.3. The molecule has 0 saturated carbocycles. The van der Waals surface area contributed by atoms with Crippen LogP contribution >= 0.6 is 0 Å². The highest BCUT2D eigenvalue weighted by molar-refractivity contribution is 7.90. The highest BCUT2D eigenvalue weighted by Gasteiger charge is 2.23. The van der Waals surface area contributed by atoms with Crippen molar-refractivity contribution in [2.24, 2.45) is 14.1 Å². The molecule has 0 radical (unpaired) electrons. The van der Waals surface area contributed by atoms with E-state index in [-0.39, 0.29) is 16.3 Å². The van der Waals surface area contributed by atoms with Gasteiger partial charge in [0.15, 0.2) is 11.2 Å². The van der Waals surface area contributed by atoms with Crippen LogP contribution in [0.15, 0.2) is 14.7 Å². The lowest BCUT2D eigenvalue weighted by molar-refractivity contribution is 0.185. The smallest absolute Gasteiger partial charge is 0.332 e. The van der Waals surface area contributed by atoms with Crippen LogP contribution in [0.2, 0.25) is 0 Å². The van der Waals surface area contributed by atoms with E-state index >= 15 is 0 Å². The van der Waals surface area contributed by atoms with Crippen LogP contribution in [-0.2, 0) is 36.6 Å². The summed E-state index contributed by atoms with van der Waals surface area (Å²) < 4.78 is 20.6. The van der Waals surface area contributed by atoms with Crippen LogP contribution in [0.4, 0.5) is 0 Å². The van der Waals surface area contributed by atoms with E-state index in [1.807, 2.05) is 0 Å². The van der Waals surface area contributed by atoms with Crippen LogP contribution < -0.4 is 11.2 Å². The van der Waals surface area contributed by atoms with Crippen molar-refractivity contribution in [3.8, 4) is 0 Å². The number of ether oxygens (including phenoxy) is 1. The van der Waals surface area contributed by atoms with E-state index in [4.69, 9.17) is 4.74 Å². The SMILES string of the molecule is COCCn1c([S+](C)[O-])nc2c1c(=O)n(C)c(=O)n2C. The zero-order valence-electron chi connectivity index (χ0n) is 11.7. The predicted octanol–water partition coefficient (Wildman–Crippen LogP) is -1.18. The minimum Gasteiger partial charge on any atom is -0.609 e. The molecule has 20 heavy (non-hydrogen) atoms. The van der Waals surface area contributed by atoms with E-state index in [1.54, 1.807) is 4.57 Å². The molecule has 0 aliphatic heterocycles. The number of methoxy groups -OCH3 is 1. The van der Waals surface area contributed by atoms with Gasteiger partial charge in [0.2, 0.25) is 0 Å². The van der Waals surface area contributed by atoms with E-state index in [1.165, 1.54) is 32.0 Å². The summed E-state index contributed by atoms with van der Waals surface area (Å²) in [5.74, 6) is 0. The number of aromatic nitrogens is 4. The molecule has 2 aromatic rings. The fourth-order valence-electron chi connectivity index (χ4n) is 2.04. The molecule has 0 aliphatic carbocycles. The second-order valence-corrected chi connectivity index (χ2v) is 5.64. The first-order chi connectivity index (χ1) is 9.40. The second-order valence-electron chi connectivity index (χ2n) is 4.37. The van der Waals surface area contributed by atoms with Crippen molar-refractivity contribution in [3.05, 3.63) is 20.8 Å². The van der Waals surface area contributed by atoms with Crippen LogP contribution in [0.5, 0.6) is 0 Å². The van der Waals surface area contributed by atoms with Gasteiger partial charge in [-0.25, -0.2) is 4.79 Å². The number of hydrogen-bond acceptors (Lipinski definition) is 5. The molecule has 0 saturated heterocycles. The van der Waals surface area contributed by atoms with Gasteiger partial charge in [0.05, 0.1) is 13.2 Å². The third-order valence-corrected chi connectivity index (χ3v) is 3.91. The molecule has 1 atom stereocenters. The summed E-state index contributed by atoms with van der Waals surface area (Å²) in [6.45, 7) is 0.691. The predicted molar refractivity (Wildman–Crippen MR) is 74.4 cm³/mol. The Labute approximate surface area is 117 Å². The molecule has 2 rings (SSSR count). The first-order valence-electron chi connectivity index (χ1n) is 5.88. The van der Waals surface area contributed by atoms with Gasteiger partial charge in [-0.2, -0.15) is 4.98 Å². The summed E-state index contributed by atoms with van der Waals surface area (Å²) in [6.07, 6.45) is 1.48. The molecule has 9 heteroatoms. The van der Waals surface area contributed by atoms with Crippen LogP contribution in [0.1, 0.15) is 0 Å². The zero-order chi connectivity index (χ0) is 15.0. The van der Waals surface area contributed by atoms with Gasteiger partial charge in [-0.1, -0.05) is 0 Å². The lowest BCUT2D eigenvalue weighted by Gasteiger charge is -2.08. The van der Waals surface area contributed by atoms with Crippen molar-refractivity contribution in [1.29, 1.82) is 0 Å². The van der Waals surface area contributed by atoms with Crippen LogP contribution in [0.25, 0.3) is 11.2 Å². The van der Waals surface area contributed by atoms with Gasteiger partial charge in [0.25, 0.3) is 5.56 Å². The fourth-order valence-corrected chi connectivity index (χ4v) is 2.74. The molecule has 2 heterocycles. The highest BCUT2D eigenvalue weighted by Crippen LogP contribution is 2.15. The Morgan fingerprint density at radius 3 is 2.50 bits per heavy atom. The Balaban J connectivity index is 2.89. The second kappa shape index (κ2) is 5.43. The number of aryl methyl sites for hydroxylation is 1. The highest BCUT2D eigenvalue weighted by atomic mass is 32.2. The zero-order valence-corrected chi connectivity index (χ0v) is 12.6. The lowest BCUT2D eigenvalue weighted by Crippen LogP contribution is -2.37. The molecule has 0 aromatic carbocycles. The van der Waals surface area contributed by atoms with Gasteiger partial charge < -0.3 is 9.29 Å². The fraction of sp³-hybridized carbons (Fsp3) is 0.545. The lowest BCUT2D eigenvalue weighted by atomic mass is 10.5. The molecule has 0 aliphatic rings. The van der Waals surface area contributed by atoms with E-state index in [0.29, 0.717) is 13.2 Å². The Morgan fingerprint density at radius 1 is 1.30 bits per heavy atom. The van der Waals surface area contributed by atoms with E-state index in [0.717, 1.165) is 4.57 Å². The third-order valence-electron chi connectivity index (χ3n) is 3.09. The maximum atomic E-state index is 12.3. The average molecular weight is 300 g/mol. The van der Waals surface area contributed by atoms with Crippen LogP contribution in [0, 0.1) is 0 Å². The largest absolute Gasteiger partial charge is 0.609 e. The van der Waals surface area contributed by atoms with Gasteiger partial charge in [0, 0.05) is 32.4 Å². The number of nitrogens with zero attached hydrogens (tertiary/aromatic N) is 4. The molecule has 0 amide bonds. The average Bonchev–Trinajstić information content (AvgIpc) is 2.80. The number of imidazole rings is 1. The van der Waals surface area contributed by atoms with E-state index < -0.39 is 22.4 Å². The van der Waals surface area contributed by atoms with Crippen molar-refractivity contribution in [2.45, 2.75) is 11.7 Å². The molecule has 110 valence electrons. The van der Waals surface area contributed by atoms with Crippen molar-refractivity contribution < 1.29 is 9.29 Å². The van der Waals surface area contributed by atoms with Gasteiger partial charge in [-0.05, 0) is 0 Å². The van der Waals surface area contributed by atoms with Gasteiger partial charge in [-0.15, -0.1) is 0 Å². The summed E-state index contributed by atoms with van der Waals surface area (Å²) in [7, 11) is 4.47. The number of rotatable bonds is 4. The van der Waals surface area contributed by atoms with Crippen molar-refractivity contribution in [1.82, 2.24) is 18.7 Å². The first kappa shape index (κ1) is 14.8. The van der Waals surface area contributed by atoms with Crippen LogP contribution in [-0.4, -0.2) is 43.2 Å². The Hall–Kier alpha value is -1.58. The molecule has 0 bridgehead atoms. The quantitative estimate of drug-likeness (QED) is 0.662. The Bertz CT molecular complexity index is 758. The third kappa shape index (κ3) is 2.17. The minimum absolute atomic E-state index is 0.236. The Morgan fingerprint density at radius 2 is 1.95 bits per heavy atom. The number of fused-ring (bicyclic) bond motifs is 1. The molecule has 1 unspecified atom stereocenters. The molecular weight excluding hydrogens is 284 g/mol. The van der Waals surface area contributed by atoms with E-state index in [2.05, 4.69) is 4.98 Å². The monoisotopic (exact) mass is 300 g/mol. The first-order valence-corrected chi connectivity index (χ1v) is 7.44. The minimum atomic E-state index is -1.37. The van der Waals surface area contributed by atoms with Gasteiger partial charge in [0.1, 0.15) is 6.26 Å². The van der Waals surface area contributed by atoms with Gasteiger partial charge in [-0.3, -0.25) is 18.5 Å². The Kier molecular flexibility index (Phi) is 4.02. The van der Waals surface area contributed by atoms with Crippen molar-refractivity contribution in [3.63, 3.8) is 0 Å². The standard InChI is InChI=1S/C11H16N4O4S/c1-13-8-7(9(16)14(2)11(13)17)15(5-6-19-3)10(12-8)20(4)18/h5-6H2,1-4H3.